The van der Waals surface area contributed by atoms with E-state index in [1.807, 2.05) is 18.7 Å². The molecule has 1 fully saturated rings. The Morgan fingerprint density at radius 1 is 1.31 bits per heavy atom. The summed E-state index contributed by atoms with van der Waals surface area (Å²) in [6, 6.07) is 3.87. The average Bonchev–Trinajstić information content (AvgIpc) is 2.81. The molecule has 196 valence electrons. The highest BCUT2D eigenvalue weighted by Gasteiger charge is 2.30. The summed E-state index contributed by atoms with van der Waals surface area (Å²) in [6.07, 6.45) is -1.97. The first-order chi connectivity index (χ1) is 17.0. The number of pyridine rings is 2. The van der Waals surface area contributed by atoms with Crippen molar-refractivity contribution >= 4 is 35.9 Å². The van der Waals surface area contributed by atoms with Gasteiger partial charge in [-0.3, -0.25) is 14.8 Å². The zero-order valence-electron chi connectivity index (χ0n) is 19.9. The normalized spacial score (nSPS) is 15.2. The standard InChI is InChI=1S/C23H27F4N5O3S/c1-22(6-8-36-9-7-22)31-19(33)12-32(3)21-16(28-2)4-5-20(30-21)34-13-17-18(10-15(24)11-29-17)35-14-23(25,26)27/h4-5,10-11H,2,6-9,12-14H2,1,3H3,(H,31,33). The number of aliphatic imine (C=N–C) groups is 1. The molecule has 1 N–H and O–H groups in total. The maximum Gasteiger partial charge on any atom is 0.422 e. The van der Waals surface area contributed by atoms with Crippen LogP contribution >= 0.6 is 11.8 Å². The van der Waals surface area contributed by atoms with Crippen LogP contribution in [0.4, 0.5) is 29.1 Å². The Bertz CT molecular complexity index is 1080. The van der Waals surface area contributed by atoms with E-state index in [1.165, 1.54) is 6.07 Å². The lowest BCUT2D eigenvalue weighted by atomic mass is 9.95. The summed E-state index contributed by atoms with van der Waals surface area (Å²) in [6.45, 7) is 3.64. The van der Waals surface area contributed by atoms with E-state index in [0.717, 1.165) is 36.6 Å². The van der Waals surface area contributed by atoms with Crippen molar-refractivity contribution in [1.82, 2.24) is 15.3 Å². The molecule has 0 unspecified atom stereocenters. The summed E-state index contributed by atoms with van der Waals surface area (Å²) in [5, 5.41) is 3.10. The number of alkyl halides is 3. The first-order valence-corrected chi connectivity index (χ1v) is 12.2. The van der Waals surface area contributed by atoms with Gasteiger partial charge in [0.2, 0.25) is 11.8 Å². The van der Waals surface area contributed by atoms with Gasteiger partial charge in [0.25, 0.3) is 0 Å². The van der Waals surface area contributed by atoms with Crippen molar-refractivity contribution in [1.29, 1.82) is 0 Å². The lowest BCUT2D eigenvalue weighted by molar-refractivity contribution is -0.153. The first-order valence-electron chi connectivity index (χ1n) is 11.0. The van der Waals surface area contributed by atoms with E-state index in [0.29, 0.717) is 11.5 Å². The third kappa shape index (κ3) is 7.97. The molecule has 0 bridgehead atoms. The molecule has 2 aromatic heterocycles. The van der Waals surface area contributed by atoms with Crippen LogP contribution in [0.2, 0.25) is 0 Å². The topological polar surface area (TPSA) is 88.9 Å². The van der Waals surface area contributed by atoms with Crippen molar-refractivity contribution in [2.45, 2.75) is 38.1 Å². The predicted octanol–water partition coefficient (Wildman–Crippen LogP) is 4.31. The van der Waals surface area contributed by atoms with Crippen LogP contribution in [0.5, 0.6) is 11.6 Å². The largest absolute Gasteiger partial charge is 0.482 e. The van der Waals surface area contributed by atoms with Crippen LogP contribution in [0.15, 0.2) is 29.4 Å². The van der Waals surface area contributed by atoms with Gasteiger partial charge in [-0.25, -0.2) is 4.39 Å². The molecule has 1 saturated heterocycles. The van der Waals surface area contributed by atoms with Crippen molar-refractivity contribution in [3.63, 3.8) is 0 Å². The van der Waals surface area contributed by atoms with Crippen LogP contribution in [-0.2, 0) is 11.4 Å². The van der Waals surface area contributed by atoms with Crippen molar-refractivity contribution < 1.29 is 31.8 Å². The Balaban J connectivity index is 1.69. The Morgan fingerprint density at radius 3 is 2.69 bits per heavy atom. The molecule has 0 radical (unpaired) electrons. The van der Waals surface area contributed by atoms with Gasteiger partial charge >= 0.3 is 6.18 Å². The van der Waals surface area contributed by atoms with Gasteiger partial charge in [-0.15, -0.1) is 0 Å². The van der Waals surface area contributed by atoms with Crippen LogP contribution in [0.3, 0.4) is 0 Å². The highest BCUT2D eigenvalue weighted by molar-refractivity contribution is 7.99. The number of hydrogen-bond acceptors (Lipinski definition) is 8. The summed E-state index contributed by atoms with van der Waals surface area (Å²) in [7, 11) is 1.67. The number of thioether (sulfide) groups is 1. The van der Waals surface area contributed by atoms with E-state index < -0.39 is 18.6 Å². The zero-order valence-corrected chi connectivity index (χ0v) is 20.7. The number of nitrogens with one attached hydrogen (secondary N) is 1. The number of carbonyl (C=O) groups excluding carboxylic acids is 1. The van der Waals surface area contributed by atoms with Gasteiger partial charge in [0, 0.05) is 24.7 Å². The lowest BCUT2D eigenvalue weighted by Crippen LogP contribution is -2.51. The van der Waals surface area contributed by atoms with E-state index in [-0.39, 0.29) is 41.9 Å². The number of likely N-dealkylation sites (N-methyl/N-ethyl adjacent to an activating group) is 1. The lowest BCUT2D eigenvalue weighted by Gasteiger charge is -2.35. The van der Waals surface area contributed by atoms with Crippen molar-refractivity contribution in [2.75, 3.05) is 36.6 Å². The summed E-state index contributed by atoms with van der Waals surface area (Å²) in [5.41, 5.74) is 0.114. The number of amides is 1. The van der Waals surface area contributed by atoms with Gasteiger partial charge in [0.05, 0.1) is 12.7 Å². The third-order valence-corrected chi connectivity index (χ3v) is 6.41. The highest BCUT2D eigenvalue weighted by Crippen LogP contribution is 2.30. The number of rotatable bonds is 10. The smallest absolute Gasteiger partial charge is 0.422 e. The van der Waals surface area contributed by atoms with Crippen LogP contribution in [-0.4, -0.2) is 66.0 Å². The molecule has 1 aliphatic rings. The number of ether oxygens (including phenoxy) is 2. The maximum atomic E-state index is 13.5. The van der Waals surface area contributed by atoms with E-state index in [1.54, 1.807) is 18.0 Å². The first kappa shape index (κ1) is 27.5. The summed E-state index contributed by atoms with van der Waals surface area (Å²) < 4.78 is 61.4. The average molecular weight is 530 g/mol. The third-order valence-electron chi connectivity index (χ3n) is 5.42. The van der Waals surface area contributed by atoms with Crippen LogP contribution < -0.4 is 19.7 Å². The molecule has 8 nitrogen and oxygen atoms in total. The molecule has 36 heavy (non-hydrogen) atoms. The summed E-state index contributed by atoms with van der Waals surface area (Å²) in [4.78, 5) is 26.4. The fraction of sp³-hybridized carbons (Fsp3) is 0.478. The molecule has 3 heterocycles. The fourth-order valence-electron chi connectivity index (χ4n) is 3.51. The van der Waals surface area contributed by atoms with E-state index in [2.05, 4.69) is 31.7 Å². The Morgan fingerprint density at radius 2 is 2.03 bits per heavy atom. The van der Waals surface area contributed by atoms with Crippen LogP contribution in [0.1, 0.15) is 25.5 Å². The minimum Gasteiger partial charge on any atom is -0.482 e. The maximum absolute atomic E-state index is 13.5. The monoisotopic (exact) mass is 529 g/mol. The van der Waals surface area contributed by atoms with Gasteiger partial charge in [0.1, 0.15) is 29.6 Å². The molecule has 1 amide bonds. The number of carbonyl (C=O) groups is 1. The molecule has 0 atom stereocenters. The van der Waals surface area contributed by atoms with Crippen molar-refractivity contribution in [2.24, 2.45) is 4.99 Å². The fourth-order valence-corrected chi connectivity index (χ4v) is 4.90. The number of nitrogens with zero attached hydrogens (tertiary/aromatic N) is 4. The molecule has 1 aliphatic heterocycles. The molecular formula is C23H27F4N5O3S. The van der Waals surface area contributed by atoms with Crippen LogP contribution in [0, 0.1) is 5.82 Å². The molecule has 13 heteroatoms. The van der Waals surface area contributed by atoms with E-state index >= 15 is 0 Å². The predicted molar refractivity (Wildman–Crippen MR) is 130 cm³/mol. The molecule has 0 saturated carbocycles. The number of anilines is 1. The summed E-state index contributed by atoms with van der Waals surface area (Å²) in [5.74, 6) is 0.987. The second-order valence-corrected chi connectivity index (χ2v) is 9.74. The SMILES string of the molecule is C=Nc1ccc(OCc2ncc(F)cc2OCC(F)(F)F)nc1N(C)CC(=O)NC1(C)CCSCC1. The minimum atomic E-state index is -4.60. The number of aromatic nitrogens is 2. The summed E-state index contributed by atoms with van der Waals surface area (Å²) >= 11 is 1.86. The van der Waals surface area contributed by atoms with Crippen molar-refractivity contribution in [3.8, 4) is 11.6 Å². The second kappa shape index (κ2) is 11.8. The molecule has 0 aromatic carbocycles. The quantitative estimate of drug-likeness (QED) is 0.363. The zero-order chi connectivity index (χ0) is 26.3. The molecular weight excluding hydrogens is 502 g/mol. The van der Waals surface area contributed by atoms with E-state index in [4.69, 9.17) is 4.74 Å². The number of hydrogen-bond donors (Lipinski definition) is 1. The van der Waals surface area contributed by atoms with Crippen molar-refractivity contribution in [3.05, 3.63) is 35.9 Å². The van der Waals surface area contributed by atoms with Gasteiger partial charge in [-0.1, -0.05) is 0 Å². The Hall–Kier alpha value is -3.09. The Labute approximate surface area is 210 Å². The second-order valence-electron chi connectivity index (χ2n) is 8.52. The molecule has 3 rings (SSSR count). The van der Waals surface area contributed by atoms with Gasteiger partial charge in [-0.2, -0.15) is 29.9 Å². The van der Waals surface area contributed by atoms with Gasteiger partial charge < -0.3 is 19.7 Å². The minimum absolute atomic E-state index is 0.0106. The van der Waals surface area contributed by atoms with Crippen LogP contribution in [0.25, 0.3) is 0 Å². The molecule has 0 spiro atoms. The number of halogens is 4. The Kier molecular flexibility index (Phi) is 8.98. The van der Waals surface area contributed by atoms with E-state index in [9.17, 15) is 22.4 Å². The highest BCUT2D eigenvalue weighted by atomic mass is 32.2. The van der Waals surface area contributed by atoms with Gasteiger partial charge in [-0.05, 0) is 44.1 Å². The van der Waals surface area contributed by atoms with Gasteiger partial charge in [0.15, 0.2) is 12.4 Å². The molecule has 0 aliphatic carbocycles. The molecule has 2 aromatic rings.